The van der Waals surface area contributed by atoms with Crippen LogP contribution in [-0.2, 0) is 6.42 Å². The van der Waals surface area contributed by atoms with E-state index in [2.05, 4.69) is 13.0 Å². The van der Waals surface area contributed by atoms with E-state index >= 15 is 0 Å². The van der Waals surface area contributed by atoms with Crippen LogP contribution in [-0.4, -0.2) is 11.7 Å². The van der Waals surface area contributed by atoms with E-state index in [4.69, 9.17) is 16.3 Å². The number of rotatable bonds is 6. The Morgan fingerprint density at radius 1 is 1.15 bits per heavy atom. The smallest absolute Gasteiger partial charge is 0.119 e. The van der Waals surface area contributed by atoms with E-state index in [0.717, 1.165) is 18.4 Å². The molecule has 2 rings (SSSR count). The lowest BCUT2D eigenvalue weighted by Gasteiger charge is -2.13. The number of benzene rings is 2. The molecular formula is C17H19ClO2. The summed E-state index contributed by atoms with van der Waals surface area (Å²) in [7, 11) is 0. The Kier molecular flexibility index (Phi) is 5.45. The summed E-state index contributed by atoms with van der Waals surface area (Å²) in [6.07, 6.45) is 1.50. The molecule has 0 aliphatic rings. The van der Waals surface area contributed by atoms with Gasteiger partial charge in [-0.25, -0.2) is 0 Å². The maximum atomic E-state index is 10.2. The molecule has 106 valence electrons. The molecule has 0 bridgehead atoms. The second kappa shape index (κ2) is 7.32. The van der Waals surface area contributed by atoms with Crippen LogP contribution in [0, 0.1) is 0 Å². The minimum atomic E-state index is -0.623. The Hall–Kier alpha value is -1.51. The lowest BCUT2D eigenvalue weighted by molar-refractivity contribution is 0.108. The molecule has 0 spiro atoms. The Labute approximate surface area is 125 Å². The molecule has 1 unspecified atom stereocenters. The van der Waals surface area contributed by atoms with Gasteiger partial charge in [-0.05, 0) is 41.8 Å². The molecule has 0 aromatic heterocycles. The normalized spacial score (nSPS) is 12.2. The standard InChI is InChI=1S/C17H19ClO2/c1-2-4-13-5-3-6-14(11-13)17(19)12-20-16-9-7-15(18)8-10-16/h3,5-11,17,19H,2,4,12H2,1H3. The zero-order valence-electron chi connectivity index (χ0n) is 11.6. The summed E-state index contributed by atoms with van der Waals surface area (Å²) in [6, 6.07) is 15.2. The van der Waals surface area contributed by atoms with Crippen molar-refractivity contribution in [3.63, 3.8) is 0 Å². The predicted molar refractivity (Wildman–Crippen MR) is 82.3 cm³/mol. The van der Waals surface area contributed by atoms with Gasteiger partial charge in [0.25, 0.3) is 0 Å². The predicted octanol–water partition coefficient (Wildman–Crippen LogP) is 4.40. The number of aliphatic hydroxyl groups excluding tert-OH is 1. The second-order valence-corrected chi connectivity index (χ2v) is 5.21. The number of hydrogen-bond acceptors (Lipinski definition) is 2. The highest BCUT2D eigenvalue weighted by Gasteiger charge is 2.09. The van der Waals surface area contributed by atoms with E-state index in [1.54, 1.807) is 24.3 Å². The van der Waals surface area contributed by atoms with Crippen LogP contribution >= 0.6 is 11.6 Å². The van der Waals surface area contributed by atoms with E-state index in [-0.39, 0.29) is 6.61 Å². The molecule has 2 nitrogen and oxygen atoms in total. The van der Waals surface area contributed by atoms with E-state index in [1.165, 1.54) is 5.56 Å². The van der Waals surface area contributed by atoms with Crippen LogP contribution in [0.4, 0.5) is 0 Å². The average molecular weight is 291 g/mol. The van der Waals surface area contributed by atoms with Crippen molar-refractivity contribution >= 4 is 11.6 Å². The van der Waals surface area contributed by atoms with E-state index in [1.807, 2.05) is 18.2 Å². The fourth-order valence-electron chi connectivity index (χ4n) is 2.05. The van der Waals surface area contributed by atoms with Crippen molar-refractivity contribution in [2.75, 3.05) is 6.61 Å². The molecule has 0 aliphatic carbocycles. The van der Waals surface area contributed by atoms with Gasteiger partial charge in [-0.2, -0.15) is 0 Å². The first kappa shape index (κ1) is 14.9. The zero-order chi connectivity index (χ0) is 14.4. The SMILES string of the molecule is CCCc1cccc(C(O)COc2ccc(Cl)cc2)c1. The van der Waals surface area contributed by atoms with E-state index in [9.17, 15) is 5.11 Å². The van der Waals surface area contributed by atoms with Crippen molar-refractivity contribution in [1.29, 1.82) is 0 Å². The number of aliphatic hydroxyl groups is 1. The molecule has 2 aromatic carbocycles. The molecular weight excluding hydrogens is 272 g/mol. The molecule has 0 fully saturated rings. The third kappa shape index (κ3) is 4.26. The maximum absolute atomic E-state index is 10.2. The average Bonchev–Trinajstić information content (AvgIpc) is 2.47. The molecule has 1 atom stereocenters. The molecule has 3 heteroatoms. The van der Waals surface area contributed by atoms with Crippen LogP contribution in [0.3, 0.4) is 0 Å². The van der Waals surface area contributed by atoms with Crippen LogP contribution in [0.5, 0.6) is 5.75 Å². The van der Waals surface area contributed by atoms with Crippen molar-refractivity contribution in [2.24, 2.45) is 0 Å². The monoisotopic (exact) mass is 290 g/mol. The largest absolute Gasteiger partial charge is 0.491 e. The number of halogens is 1. The van der Waals surface area contributed by atoms with Gasteiger partial charge in [-0.15, -0.1) is 0 Å². The lowest BCUT2D eigenvalue weighted by atomic mass is 10.0. The van der Waals surface area contributed by atoms with Gasteiger partial charge in [0.05, 0.1) is 0 Å². The number of aryl methyl sites for hydroxylation is 1. The molecule has 20 heavy (non-hydrogen) atoms. The second-order valence-electron chi connectivity index (χ2n) is 4.78. The van der Waals surface area contributed by atoms with Crippen molar-refractivity contribution in [1.82, 2.24) is 0 Å². The van der Waals surface area contributed by atoms with Gasteiger partial charge in [0.2, 0.25) is 0 Å². The van der Waals surface area contributed by atoms with Crippen LogP contribution in [0.1, 0.15) is 30.6 Å². The summed E-state index contributed by atoms with van der Waals surface area (Å²) in [4.78, 5) is 0. The number of ether oxygens (including phenoxy) is 1. The molecule has 0 saturated heterocycles. The molecule has 0 aliphatic heterocycles. The summed E-state index contributed by atoms with van der Waals surface area (Å²) in [5.74, 6) is 0.707. The molecule has 2 aromatic rings. The van der Waals surface area contributed by atoms with Gasteiger partial charge in [0, 0.05) is 5.02 Å². The maximum Gasteiger partial charge on any atom is 0.119 e. The van der Waals surface area contributed by atoms with Crippen molar-refractivity contribution in [3.8, 4) is 5.75 Å². The van der Waals surface area contributed by atoms with Gasteiger partial charge in [0.15, 0.2) is 0 Å². The molecule has 0 saturated carbocycles. The molecule has 0 amide bonds. The van der Waals surface area contributed by atoms with Crippen LogP contribution in [0.25, 0.3) is 0 Å². The molecule has 0 radical (unpaired) electrons. The molecule has 0 heterocycles. The highest BCUT2D eigenvalue weighted by Crippen LogP contribution is 2.19. The first-order valence-electron chi connectivity index (χ1n) is 6.84. The van der Waals surface area contributed by atoms with Crippen molar-refractivity contribution in [2.45, 2.75) is 25.9 Å². The van der Waals surface area contributed by atoms with Gasteiger partial charge in [-0.3, -0.25) is 0 Å². The summed E-state index contributed by atoms with van der Waals surface area (Å²) in [6.45, 7) is 2.38. The Bertz CT molecular complexity index is 537. The summed E-state index contributed by atoms with van der Waals surface area (Å²) in [5, 5.41) is 10.8. The van der Waals surface area contributed by atoms with Gasteiger partial charge >= 0.3 is 0 Å². The summed E-state index contributed by atoms with van der Waals surface area (Å²) < 4.78 is 5.57. The van der Waals surface area contributed by atoms with E-state index < -0.39 is 6.10 Å². The zero-order valence-corrected chi connectivity index (χ0v) is 12.3. The highest BCUT2D eigenvalue weighted by molar-refractivity contribution is 6.30. The van der Waals surface area contributed by atoms with Gasteiger partial charge in [-0.1, -0.05) is 49.2 Å². The fourth-order valence-corrected chi connectivity index (χ4v) is 2.17. The lowest BCUT2D eigenvalue weighted by Crippen LogP contribution is -2.09. The minimum absolute atomic E-state index is 0.233. The number of hydrogen-bond donors (Lipinski definition) is 1. The van der Waals surface area contributed by atoms with Crippen LogP contribution in [0.2, 0.25) is 5.02 Å². The summed E-state index contributed by atoms with van der Waals surface area (Å²) >= 11 is 5.81. The Balaban J connectivity index is 1.95. The van der Waals surface area contributed by atoms with E-state index in [0.29, 0.717) is 10.8 Å². The van der Waals surface area contributed by atoms with Gasteiger partial charge < -0.3 is 9.84 Å². The Morgan fingerprint density at radius 2 is 1.90 bits per heavy atom. The quantitative estimate of drug-likeness (QED) is 0.854. The van der Waals surface area contributed by atoms with Gasteiger partial charge in [0.1, 0.15) is 18.5 Å². The third-order valence-corrected chi connectivity index (χ3v) is 3.35. The fraction of sp³-hybridized carbons (Fsp3) is 0.294. The van der Waals surface area contributed by atoms with Crippen molar-refractivity contribution in [3.05, 3.63) is 64.7 Å². The topological polar surface area (TPSA) is 29.5 Å². The first-order chi connectivity index (χ1) is 9.69. The van der Waals surface area contributed by atoms with Crippen molar-refractivity contribution < 1.29 is 9.84 Å². The highest BCUT2D eigenvalue weighted by atomic mass is 35.5. The Morgan fingerprint density at radius 3 is 2.60 bits per heavy atom. The minimum Gasteiger partial charge on any atom is -0.491 e. The van der Waals surface area contributed by atoms with Crippen LogP contribution < -0.4 is 4.74 Å². The summed E-state index contributed by atoms with van der Waals surface area (Å²) in [5.41, 5.74) is 2.14. The van der Waals surface area contributed by atoms with Crippen LogP contribution in [0.15, 0.2) is 48.5 Å². The molecule has 1 N–H and O–H groups in total. The third-order valence-electron chi connectivity index (χ3n) is 3.10. The first-order valence-corrected chi connectivity index (χ1v) is 7.22.